The van der Waals surface area contributed by atoms with E-state index in [1.54, 1.807) is 63.2 Å². The Hall–Kier alpha value is -5.02. The molecular formula is C35H34ClN3O6. The second-order valence-electron chi connectivity index (χ2n) is 11.3. The van der Waals surface area contributed by atoms with Gasteiger partial charge in [0.2, 0.25) is 11.8 Å². The molecule has 0 saturated heterocycles. The van der Waals surface area contributed by atoms with Crippen LogP contribution in [0, 0.1) is 0 Å². The molecule has 0 bridgehead atoms. The zero-order valence-electron chi connectivity index (χ0n) is 25.5. The van der Waals surface area contributed by atoms with Crippen molar-refractivity contribution in [2.24, 2.45) is 0 Å². The molecule has 0 saturated carbocycles. The van der Waals surface area contributed by atoms with Gasteiger partial charge in [0, 0.05) is 28.8 Å². The average Bonchev–Trinajstić information content (AvgIpc) is 2.99. The van der Waals surface area contributed by atoms with E-state index >= 15 is 0 Å². The van der Waals surface area contributed by atoms with Crippen LogP contribution in [0.5, 0.6) is 5.88 Å². The van der Waals surface area contributed by atoms with Crippen molar-refractivity contribution in [1.82, 2.24) is 9.78 Å². The van der Waals surface area contributed by atoms with Crippen molar-refractivity contribution >= 4 is 34.9 Å². The number of ketones is 1. The molecule has 9 nitrogen and oxygen atoms in total. The van der Waals surface area contributed by atoms with Crippen molar-refractivity contribution in [3.63, 3.8) is 0 Å². The summed E-state index contributed by atoms with van der Waals surface area (Å²) in [5.74, 6) is -1.22. The number of carbonyl (C=O) groups excluding carboxylic acids is 3. The first-order valence-electron chi connectivity index (χ1n) is 14.2. The van der Waals surface area contributed by atoms with Crippen LogP contribution >= 0.6 is 11.6 Å². The summed E-state index contributed by atoms with van der Waals surface area (Å²) in [4.78, 5) is 52.4. The fraction of sp³-hybridized carbons (Fsp3) is 0.229. The lowest BCUT2D eigenvalue weighted by Crippen LogP contribution is -2.36. The van der Waals surface area contributed by atoms with E-state index in [1.807, 2.05) is 30.3 Å². The van der Waals surface area contributed by atoms with Gasteiger partial charge in [-0.3, -0.25) is 14.4 Å². The summed E-state index contributed by atoms with van der Waals surface area (Å²) in [6.45, 7) is 10.5. The van der Waals surface area contributed by atoms with Gasteiger partial charge in [0.05, 0.1) is 11.1 Å². The van der Waals surface area contributed by atoms with Gasteiger partial charge in [-0.05, 0) is 81.3 Å². The van der Waals surface area contributed by atoms with Crippen molar-refractivity contribution in [1.29, 1.82) is 0 Å². The van der Waals surface area contributed by atoms with E-state index in [1.165, 1.54) is 19.1 Å². The Morgan fingerprint density at radius 3 is 2.31 bits per heavy atom. The number of aromatic nitrogens is 2. The van der Waals surface area contributed by atoms with Gasteiger partial charge in [-0.25, -0.2) is 9.48 Å². The standard InChI is InChI=1S/C35H34ClN3O6/c1-6-18-44-33-29(28-20-25(36)14-17-27(28)22(2)40)21-31(41)39(38-33)30(19-23-10-8-7-9-11-23)32(42)37-26-15-12-24(13-16-26)34(43)45-35(3,4)5/h6-17,20-21,30H,1,18-19H2,2-5H3,(H,37,42)/t30-/m0/s1. The van der Waals surface area contributed by atoms with Crippen LogP contribution in [-0.2, 0) is 16.0 Å². The largest absolute Gasteiger partial charge is 0.472 e. The number of amides is 1. The minimum atomic E-state index is -1.10. The van der Waals surface area contributed by atoms with E-state index in [2.05, 4.69) is 17.0 Å². The number of benzene rings is 3. The molecule has 232 valence electrons. The zero-order chi connectivity index (χ0) is 32.7. The summed E-state index contributed by atoms with van der Waals surface area (Å²) in [7, 11) is 0. The van der Waals surface area contributed by atoms with Crippen LogP contribution < -0.4 is 15.6 Å². The highest BCUT2D eigenvalue weighted by Gasteiger charge is 2.27. The van der Waals surface area contributed by atoms with Crippen molar-refractivity contribution in [2.45, 2.75) is 45.8 Å². The Morgan fingerprint density at radius 1 is 1.00 bits per heavy atom. The van der Waals surface area contributed by atoms with E-state index in [0.717, 1.165) is 10.2 Å². The fourth-order valence-corrected chi connectivity index (χ4v) is 4.71. The number of hydrogen-bond donors (Lipinski definition) is 1. The molecule has 1 aromatic heterocycles. The number of ether oxygens (including phenoxy) is 2. The summed E-state index contributed by atoms with van der Waals surface area (Å²) in [6, 6.07) is 20.4. The smallest absolute Gasteiger partial charge is 0.338 e. The number of nitrogens with one attached hydrogen (secondary N) is 1. The molecule has 0 unspecified atom stereocenters. The number of hydrogen-bond acceptors (Lipinski definition) is 7. The number of rotatable bonds is 11. The Labute approximate surface area is 266 Å². The first kappa shape index (κ1) is 32.9. The number of anilines is 1. The predicted octanol–water partition coefficient (Wildman–Crippen LogP) is 6.71. The maximum atomic E-state index is 13.8. The molecule has 1 N–H and O–H groups in total. The normalized spacial score (nSPS) is 11.8. The van der Waals surface area contributed by atoms with Gasteiger partial charge in [-0.2, -0.15) is 0 Å². The fourth-order valence-electron chi connectivity index (χ4n) is 4.54. The lowest BCUT2D eigenvalue weighted by atomic mass is 9.98. The van der Waals surface area contributed by atoms with Crippen molar-refractivity contribution < 1.29 is 23.9 Å². The molecule has 0 aliphatic heterocycles. The van der Waals surface area contributed by atoms with Crippen LogP contribution in [0.15, 0.2) is 96.3 Å². The molecule has 10 heteroatoms. The number of esters is 1. The molecule has 3 aromatic carbocycles. The van der Waals surface area contributed by atoms with Gasteiger partial charge in [-0.1, -0.05) is 54.6 Å². The summed E-state index contributed by atoms with van der Waals surface area (Å²) in [5.41, 5.74) is 1.23. The molecule has 45 heavy (non-hydrogen) atoms. The Bertz CT molecular complexity index is 1780. The van der Waals surface area contributed by atoms with Crippen molar-refractivity contribution in [3.8, 4) is 17.0 Å². The maximum absolute atomic E-state index is 13.8. The number of Topliss-reactive ketones (excluding diaryl/α,β-unsaturated/α-hetero) is 1. The summed E-state index contributed by atoms with van der Waals surface area (Å²) >= 11 is 6.26. The molecule has 0 fully saturated rings. The van der Waals surface area contributed by atoms with Gasteiger partial charge in [0.25, 0.3) is 5.56 Å². The van der Waals surface area contributed by atoms with Crippen LogP contribution in [0.4, 0.5) is 5.69 Å². The van der Waals surface area contributed by atoms with Gasteiger partial charge >= 0.3 is 5.97 Å². The predicted molar refractivity (Wildman–Crippen MR) is 174 cm³/mol. The summed E-state index contributed by atoms with van der Waals surface area (Å²) in [5, 5.41) is 7.69. The third-order valence-electron chi connectivity index (χ3n) is 6.57. The van der Waals surface area contributed by atoms with E-state index < -0.39 is 29.1 Å². The second kappa shape index (κ2) is 14.2. The Balaban J connectivity index is 1.76. The lowest BCUT2D eigenvalue weighted by Gasteiger charge is -2.21. The number of carbonyl (C=O) groups is 3. The van der Waals surface area contributed by atoms with Crippen LogP contribution in [0.3, 0.4) is 0 Å². The van der Waals surface area contributed by atoms with Gasteiger partial charge in [0.1, 0.15) is 18.2 Å². The molecule has 0 radical (unpaired) electrons. The monoisotopic (exact) mass is 627 g/mol. The van der Waals surface area contributed by atoms with Gasteiger partial charge in [0.15, 0.2) is 5.78 Å². The topological polar surface area (TPSA) is 117 Å². The maximum Gasteiger partial charge on any atom is 0.338 e. The SMILES string of the molecule is C=CCOc1nn([C@@H](Cc2ccccc2)C(=O)Nc2ccc(C(=O)OC(C)(C)C)cc2)c(=O)cc1-c1cc(Cl)ccc1C(C)=O. The zero-order valence-corrected chi connectivity index (χ0v) is 26.3. The number of halogens is 1. The average molecular weight is 628 g/mol. The van der Waals surface area contributed by atoms with Crippen LogP contribution in [-0.4, -0.2) is 39.6 Å². The molecular weight excluding hydrogens is 594 g/mol. The van der Waals surface area contributed by atoms with Crippen LogP contribution in [0.2, 0.25) is 5.02 Å². The van der Waals surface area contributed by atoms with Crippen LogP contribution in [0.25, 0.3) is 11.1 Å². The molecule has 0 spiro atoms. The van der Waals surface area contributed by atoms with E-state index in [4.69, 9.17) is 21.1 Å². The highest BCUT2D eigenvalue weighted by Crippen LogP contribution is 2.33. The minimum Gasteiger partial charge on any atom is -0.472 e. The Kier molecular flexibility index (Phi) is 10.4. The number of nitrogens with zero attached hydrogens (tertiary/aromatic N) is 2. The van der Waals surface area contributed by atoms with Crippen molar-refractivity contribution in [2.75, 3.05) is 11.9 Å². The molecule has 4 rings (SSSR count). The highest BCUT2D eigenvalue weighted by molar-refractivity contribution is 6.31. The molecule has 1 amide bonds. The van der Waals surface area contributed by atoms with Crippen LogP contribution in [0.1, 0.15) is 60.0 Å². The molecule has 0 aliphatic rings. The quantitative estimate of drug-likeness (QED) is 0.112. The van der Waals surface area contributed by atoms with E-state index in [-0.39, 0.29) is 30.3 Å². The lowest BCUT2D eigenvalue weighted by molar-refractivity contribution is -0.119. The third kappa shape index (κ3) is 8.55. The third-order valence-corrected chi connectivity index (χ3v) is 6.80. The molecule has 1 heterocycles. The molecule has 4 aromatic rings. The van der Waals surface area contributed by atoms with E-state index in [0.29, 0.717) is 27.4 Å². The van der Waals surface area contributed by atoms with E-state index in [9.17, 15) is 19.2 Å². The summed E-state index contributed by atoms with van der Waals surface area (Å²) in [6.07, 6.45) is 1.64. The molecule has 1 atom stereocenters. The first-order valence-corrected chi connectivity index (χ1v) is 14.6. The first-order chi connectivity index (χ1) is 21.4. The highest BCUT2D eigenvalue weighted by atomic mass is 35.5. The Morgan fingerprint density at radius 2 is 1.69 bits per heavy atom. The van der Waals surface area contributed by atoms with Gasteiger partial charge < -0.3 is 14.8 Å². The van der Waals surface area contributed by atoms with Crippen molar-refractivity contribution in [3.05, 3.63) is 124 Å². The molecule has 0 aliphatic carbocycles. The van der Waals surface area contributed by atoms with Gasteiger partial charge in [-0.15, -0.1) is 5.10 Å². The minimum absolute atomic E-state index is 0.0202. The summed E-state index contributed by atoms with van der Waals surface area (Å²) < 4.78 is 12.3. The second-order valence-corrected chi connectivity index (χ2v) is 11.7.